The third kappa shape index (κ3) is 4.69. The molecule has 0 aromatic heterocycles. The van der Waals surface area contributed by atoms with Gasteiger partial charge in [-0.05, 0) is 19.1 Å². The van der Waals surface area contributed by atoms with Crippen molar-refractivity contribution in [2.24, 2.45) is 0 Å². The molecule has 0 bridgehead atoms. The molecule has 0 saturated carbocycles. The minimum absolute atomic E-state index is 0.0740. The number of alkyl halides is 3. The molecule has 1 aromatic carbocycles. The lowest BCUT2D eigenvalue weighted by Gasteiger charge is -2.18. The van der Waals surface area contributed by atoms with E-state index in [1.54, 1.807) is 12.1 Å². The fourth-order valence-electron chi connectivity index (χ4n) is 1.65. The molecule has 1 aromatic rings. The third-order valence-electron chi connectivity index (χ3n) is 2.74. The van der Waals surface area contributed by atoms with Gasteiger partial charge in [0.25, 0.3) is 10.1 Å². The molecule has 2 rings (SSSR count). The highest BCUT2D eigenvalue weighted by Gasteiger charge is 2.41. The van der Waals surface area contributed by atoms with Gasteiger partial charge in [-0.15, -0.1) is 0 Å². The van der Waals surface area contributed by atoms with Gasteiger partial charge in [0, 0.05) is 0 Å². The summed E-state index contributed by atoms with van der Waals surface area (Å²) in [6.07, 6.45) is -1.66. The van der Waals surface area contributed by atoms with Gasteiger partial charge in [-0.25, -0.2) is 0 Å². The molecule has 21 heavy (non-hydrogen) atoms. The van der Waals surface area contributed by atoms with Crippen LogP contribution < -0.4 is 0 Å². The van der Waals surface area contributed by atoms with Gasteiger partial charge in [0.2, 0.25) is 10.1 Å². The first-order chi connectivity index (χ1) is 9.68. The molecule has 1 aliphatic rings. The molecule has 0 N–H and O–H groups in total. The molecule has 0 amide bonds. The van der Waals surface area contributed by atoms with Crippen molar-refractivity contribution < 1.29 is 22.1 Å². The van der Waals surface area contributed by atoms with Crippen LogP contribution in [-0.2, 0) is 23.8 Å². The van der Waals surface area contributed by atoms with Gasteiger partial charge >= 0.3 is 0 Å². The van der Waals surface area contributed by atoms with Gasteiger partial charge in [0.15, 0.2) is 0 Å². The van der Waals surface area contributed by atoms with Gasteiger partial charge < -0.3 is 9.47 Å². The average molecular weight is 376 g/mol. The van der Waals surface area contributed by atoms with E-state index in [4.69, 9.17) is 48.5 Å². The van der Waals surface area contributed by atoms with Crippen molar-refractivity contribution in [3.63, 3.8) is 0 Å². The van der Waals surface area contributed by atoms with Gasteiger partial charge in [-0.2, -0.15) is 8.42 Å². The molecule has 0 radical (unpaired) electrons. The second kappa shape index (κ2) is 6.58. The quantitative estimate of drug-likeness (QED) is 0.598. The number of benzene rings is 1. The number of ether oxygens (including phenoxy) is 2. The maximum absolute atomic E-state index is 12.0. The lowest BCUT2D eigenvalue weighted by Crippen LogP contribution is -2.28. The van der Waals surface area contributed by atoms with E-state index in [9.17, 15) is 8.42 Å². The summed E-state index contributed by atoms with van der Waals surface area (Å²) in [6.45, 7) is 1.73. The fraction of sp³-hybridized carbons (Fsp3) is 0.500. The smallest absolute Gasteiger partial charge is 0.297 e. The highest BCUT2D eigenvalue weighted by molar-refractivity contribution is 7.86. The van der Waals surface area contributed by atoms with Crippen LogP contribution in [0.15, 0.2) is 29.2 Å². The highest BCUT2D eigenvalue weighted by Crippen LogP contribution is 2.36. The summed E-state index contributed by atoms with van der Waals surface area (Å²) < 4.78 is 37.6. The van der Waals surface area contributed by atoms with E-state index in [0.717, 1.165) is 5.56 Å². The van der Waals surface area contributed by atoms with Crippen LogP contribution in [0.2, 0.25) is 0 Å². The van der Waals surface area contributed by atoms with Crippen molar-refractivity contribution >= 4 is 44.9 Å². The summed E-state index contributed by atoms with van der Waals surface area (Å²) in [5.41, 5.74) is 0.951. The monoisotopic (exact) mass is 374 g/mol. The van der Waals surface area contributed by atoms with E-state index in [1.165, 1.54) is 12.1 Å². The van der Waals surface area contributed by atoms with Gasteiger partial charge in [0.1, 0.15) is 6.10 Å². The summed E-state index contributed by atoms with van der Waals surface area (Å²) in [6, 6.07) is 6.32. The SMILES string of the molecule is Cc1ccc(S(=O)(=O)OC[C@@H]2CO[C@H](C(Cl)(Cl)Cl)O2)cc1. The van der Waals surface area contributed by atoms with Crippen LogP contribution >= 0.6 is 34.8 Å². The van der Waals surface area contributed by atoms with Crippen molar-refractivity contribution in [2.75, 3.05) is 13.2 Å². The van der Waals surface area contributed by atoms with Crippen LogP contribution in [0, 0.1) is 6.92 Å². The van der Waals surface area contributed by atoms with E-state index in [1.807, 2.05) is 6.92 Å². The lowest BCUT2D eigenvalue weighted by molar-refractivity contribution is -0.0590. The Morgan fingerprint density at radius 1 is 1.29 bits per heavy atom. The summed E-state index contributed by atoms with van der Waals surface area (Å²) in [5.74, 6) is 0. The zero-order valence-corrected chi connectivity index (χ0v) is 14.0. The van der Waals surface area contributed by atoms with Crippen molar-refractivity contribution in [1.29, 1.82) is 0 Å². The Bertz CT molecular complexity index is 582. The summed E-state index contributed by atoms with van der Waals surface area (Å²) >= 11 is 16.9. The Labute approximate surface area is 138 Å². The Kier molecular flexibility index (Phi) is 5.41. The average Bonchev–Trinajstić information content (AvgIpc) is 2.86. The zero-order chi connectivity index (χ0) is 15.7. The Balaban J connectivity index is 1.93. The predicted molar refractivity (Wildman–Crippen MR) is 79.2 cm³/mol. The van der Waals surface area contributed by atoms with Crippen molar-refractivity contribution in [3.05, 3.63) is 29.8 Å². The third-order valence-corrected chi connectivity index (χ3v) is 4.57. The Hall–Kier alpha value is -0.0800. The first-order valence-corrected chi connectivity index (χ1v) is 8.52. The van der Waals surface area contributed by atoms with Crippen LogP contribution in [0.25, 0.3) is 0 Å². The van der Waals surface area contributed by atoms with E-state index in [0.29, 0.717) is 0 Å². The Morgan fingerprint density at radius 2 is 1.90 bits per heavy atom. The Morgan fingerprint density at radius 3 is 2.43 bits per heavy atom. The molecular formula is C12H13Cl3O5S. The summed E-state index contributed by atoms with van der Waals surface area (Å²) in [4.78, 5) is 0.0740. The molecule has 118 valence electrons. The maximum atomic E-state index is 12.0. The molecule has 9 heteroatoms. The molecule has 1 saturated heterocycles. The van der Waals surface area contributed by atoms with Crippen molar-refractivity contribution in [1.82, 2.24) is 0 Å². The number of aryl methyl sites for hydroxylation is 1. The van der Waals surface area contributed by atoms with Crippen LogP contribution in [0.5, 0.6) is 0 Å². The molecular weight excluding hydrogens is 363 g/mol. The van der Waals surface area contributed by atoms with E-state index in [2.05, 4.69) is 0 Å². The number of hydrogen-bond donors (Lipinski definition) is 0. The van der Waals surface area contributed by atoms with Crippen LogP contribution in [0.3, 0.4) is 0 Å². The highest BCUT2D eigenvalue weighted by atomic mass is 35.6. The van der Waals surface area contributed by atoms with Gasteiger partial charge in [0.05, 0.1) is 18.1 Å². The molecule has 1 fully saturated rings. The first-order valence-electron chi connectivity index (χ1n) is 5.98. The fourth-order valence-corrected chi connectivity index (χ4v) is 2.93. The molecule has 0 spiro atoms. The van der Waals surface area contributed by atoms with E-state index >= 15 is 0 Å². The number of halogens is 3. The molecule has 0 aliphatic carbocycles. The molecule has 5 nitrogen and oxygen atoms in total. The van der Waals surface area contributed by atoms with Crippen molar-refractivity contribution in [2.45, 2.75) is 28.0 Å². The molecule has 1 heterocycles. The maximum Gasteiger partial charge on any atom is 0.297 e. The second-order valence-corrected chi connectivity index (χ2v) is 8.50. The number of hydrogen-bond acceptors (Lipinski definition) is 5. The predicted octanol–water partition coefficient (Wildman–Crippen LogP) is 2.81. The van der Waals surface area contributed by atoms with Gasteiger partial charge in [-0.3, -0.25) is 4.18 Å². The largest absolute Gasteiger partial charge is 0.346 e. The number of rotatable bonds is 4. The normalized spacial score (nSPS) is 23.4. The minimum atomic E-state index is -3.85. The summed E-state index contributed by atoms with van der Waals surface area (Å²) in [5, 5.41) is 0. The van der Waals surface area contributed by atoms with E-state index in [-0.39, 0.29) is 18.1 Å². The van der Waals surface area contributed by atoms with Crippen molar-refractivity contribution in [3.8, 4) is 0 Å². The minimum Gasteiger partial charge on any atom is -0.346 e. The zero-order valence-electron chi connectivity index (χ0n) is 11.0. The van der Waals surface area contributed by atoms with Crippen LogP contribution in [-0.4, -0.2) is 37.8 Å². The van der Waals surface area contributed by atoms with Crippen LogP contribution in [0.4, 0.5) is 0 Å². The topological polar surface area (TPSA) is 61.8 Å². The molecule has 1 aliphatic heterocycles. The second-order valence-electron chi connectivity index (χ2n) is 4.52. The van der Waals surface area contributed by atoms with Gasteiger partial charge in [-0.1, -0.05) is 52.5 Å². The lowest BCUT2D eigenvalue weighted by atomic mass is 10.2. The standard InChI is InChI=1S/C12H13Cl3O5S/c1-8-2-4-10(5-3-8)21(16,17)19-7-9-6-18-11(20-9)12(13,14)15/h2-5,9,11H,6-7H2,1H3/t9-,11-/m0/s1. The molecule has 0 unspecified atom stereocenters. The first kappa shape index (κ1) is 17.3. The van der Waals surface area contributed by atoms with Crippen LogP contribution in [0.1, 0.15) is 5.56 Å². The molecule has 2 atom stereocenters. The summed E-state index contributed by atoms with van der Waals surface area (Å²) in [7, 11) is -3.85. The van der Waals surface area contributed by atoms with E-state index < -0.39 is 26.3 Å².